The van der Waals surface area contributed by atoms with E-state index in [2.05, 4.69) is 156 Å². The van der Waals surface area contributed by atoms with Gasteiger partial charge in [-0.2, -0.15) is 0 Å². The predicted molar refractivity (Wildman–Crippen MR) is 504 cm³/mol. The molecular formula is C101H141N13O11. The monoisotopic (exact) mass is 1710 g/mol. The van der Waals surface area contributed by atoms with Gasteiger partial charge < -0.3 is 84.0 Å². The molecule has 3 aromatic heterocycles. The number of likely N-dealkylation sites (N-methyl/N-ethyl adjacent to an activating group) is 1. The normalized spacial score (nSPS) is 17.6. The minimum atomic E-state index is -0.195. The van der Waals surface area contributed by atoms with Gasteiger partial charge in [-0.15, -0.1) is 0 Å². The number of piperidine rings is 1. The van der Waals surface area contributed by atoms with Crippen LogP contribution in [0.25, 0.3) is 11.1 Å². The zero-order valence-corrected chi connectivity index (χ0v) is 78.0. The molecule has 3 saturated heterocycles. The highest BCUT2D eigenvalue weighted by molar-refractivity contribution is 6.00. The molecule has 0 spiro atoms. The Hall–Kier alpha value is -9.86. The summed E-state index contributed by atoms with van der Waals surface area (Å²) < 4.78 is 27.3. The zero-order chi connectivity index (χ0) is 90.0. The number of nitrogens with zero attached hydrogens (tertiary/aromatic N) is 7. The second kappa shape index (κ2) is 47.6. The van der Waals surface area contributed by atoms with E-state index in [1.165, 1.54) is 0 Å². The third-order valence-electron chi connectivity index (χ3n) is 26.0. The number of benzene rings is 4. The van der Waals surface area contributed by atoms with Crippen molar-refractivity contribution >= 4 is 34.8 Å². The van der Waals surface area contributed by atoms with Crippen molar-refractivity contribution < 1.29 is 38.1 Å². The molecule has 6 N–H and O–H groups in total. The second-order valence-corrected chi connectivity index (χ2v) is 34.8. The Morgan fingerprint density at radius 1 is 0.464 bits per heavy atom. The molecule has 3 amide bonds. The van der Waals surface area contributed by atoms with E-state index < -0.39 is 0 Å². The Morgan fingerprint density at radius 3 is 1.30 bits per heavy atom. The molecule has 0 radical (unpaired) electrons. The maximum atomic E-state index is 13.8. The number of nitrogens with one attached hydrogen (secondary N) is 6. The summed E-state index contributed by atoms with van der Waals surface area (Å²) in [6.45, 7) is 37.2. The van der Waals surface area contributed by atoms with Gasteiger partial charge in [0.15, 0.2) is 0 Å². The molecule has 6 heterocycles. The second-order valence-electron chi connectivity index (χ2n) is 34.8. The zero-order valence-electron chi connectivity index (χ0n) is 78.0. The van der Waals surface area contributed by atoms with Crippen molar-refractivity contribution in [2.24, 2.45) is 5.92 Å². The maximum Gasteiger partial charge on any atom is 0.253 e. The van der Waals surface area contributed by atoms with E-state index in [1.807, 2.05) is 123 Å². The van der Waals surface area contributed by atoms with Crippen molar-refractivity contribution in [2.45, 2.75) is 210 Å². The number of anilines is 3. The van der Waals surface area contributed by atoms with E-state index in [0.29, 0.717) is 89.3 Å². The van der Waals surface area contributed by atoms with Crippen LogP contribution in [0.15, 0.2) is 93.2 Å². The van der Waals surface area contributed by atoms with Crippen LogP contribution in [0.2, 0.25) is 0 Å². The van der Waals surface area contributed by atoms with Crippen molar-refractivity contribution in [3.8, 4) is 40.6 Å². The molecule has 5 aliphatic rings. The first-order valence-corrected chi connectivity index (χ1v) is 45.4. The molecule has 12 rings (SSSR count). The van der Waals surface area contributed by atoms with Crippen LogP contribution in [0.4, 0.5) is 17.1 Å². The number of amides is 3. The predicted octanol–water partition coefficient (Wildman–Crippen LogP) is 13.2. The van der Waals surface area contributed by atoms with Crippen molar-refractivity contribution in [2.75, 3.05) is 162 Å². The third kappa shape index (κ3) is 26.9. The first-order valence-electron chi connectivity index (χ1n) is 45.4. The summed E-state index contributed by atoms with van der Waals surface area (Å²) in [6.07, 6.45) is 13.1. The van der Waals surface area contributed by atoms with Crippen LogP contribution in [-0.2, 0) is 38.6 Å². The molecule has 5 fully saturated rings. The van der Waals surface area contributed by atoms with Gasteiger partial charge in [0.1, 0.15) is 12.4 Å². The first kappa shape index (κ1) is 97.3. The Morgan fingerprint density at radius 2 is 0.872 bits per heavy atom. The number of hydrogen-bond donors (Lipinski definition) is 6. The van der Waals surface area contributed by atoms with Crippen LogP contribution in [0.1, 0.15) is 207 Å². The van der Waals surface area contributed by atoms with Crippen LogP contribution < -0.4 is 52.1 Å². The van der Waals surface area contributed by atoms with Gasteiger partial charge >= 0.3 is 0 Å². The summed E-state index contributed by atoms with van der Waals surface area (Å²) in [6, 6.07) is 28.5. The van der Waals surface area contributed by atoms with E-state index in [9.17, 15) is 28.8 Å². The van der Waals surface area contributed by atoms with Crippen LogP contribution in [0.3, 0.4) is 0 Å². The van der Waals surface area contributed by atoms with E-state index in [4.69, 9.17) is 23.7 Å². The number of aryl methyl sites for hydroxylation is 6. The lowest BCUT2D eigenvalue weighted by molar-refractivity contribution is 0.0443. The molecule has 676 valence electrons. The number of rotatable bonds is 29. The molecule has 2 saturated carbocycles. The number of H-pyrrole nitrogens is 3. The Kier molecular flexibility index (Phi) is 37.1. The largest absolute Gasteiger partial charge is 0.491 e. The van der Waals surface area contributed by atoms with E-state index in [0.717, 1.165) is 258 Å². The number of ether oxygens (including phenoxy) is 5. The fraction of sp³-hybridized carbons (Fsp3) is 0.545. The fourth-order valence-corrected chi connectivity index (χ4v) is 18.4. The highest BCUT2D eigenvalue weighted by atomic mass is 16.5. The lowest BCUT2D eigenvalue weighted by atomic mass is 9.88. The number of morpholine rings is 1. The van der Waals surface area contributed by atoms with E-state index in [1.54, 1.807) is 14.2 Å². The molecule has 24 heteroatoms. The average molecular weight is 1710 g/mol. The average Bonchev–Trinajstić information content (AvgIpc) is 0.791. The number of aromatic amines is 3. The number of carbonyl (C=O) groups is 3. The number of hydrogen-bond acceptors (Lipinski definition) is 18. The van der Waals surface area contributed by atoms with E-state index in [-0.39, 0.29) is 54.0 Å². The molecule has 24 nitrogen and oxygen atoms in total. The third-order valence-corrected chi connectivity index (χ3v) is 26.0. The standard InChI is InChI=1S/C35H51N5O4.C35H48N4O4.C31H42N4O3/c1-7-40(30-12-10-29(11-13-30)38(5)15-18-43-6)33-23-28(9-8-14-39-16-19-44-20-17-39)22-31(27(33)4)34(41)36-24-32-25(2)21-26(3)37-35(32)42;1-8-39(29-13-11-28(12-14-29)38(5)6)33-21-27(26-9-15-30(16-10-26)43-18-17-42-7)20-31(25(33)4)34(40)36-22-32-23(2)19-24(3)37-35(32)41;1-6-35(26-11-15-38-16-12-26)29-19-25(8-7-24-9-13-34(5)14-10-24)18-27(23(29)4)30(36)32-20-28-21(2)17-22(3)33-31(28)37/h21-23,29-30H,7,10-20,24H2,1-6H3,(H,36,41)(H,37,42);9-10,15-16,19-21,28-29H,8,11-14,17-18,22H2,1-7H3,(H,36,40)(H,37,41);17-19,24,26H,6,9-16,20H2,1-5H3,(H,32,36)(H,33,37). The topological polar surface area (TPSA) is 255 Å². The minimum absolute atomic E-state index is 0.158. The van der Waals surface area contributed by atoms with Crippen LogP contribution >= 0.6 is 0 Å². The molecule has 3 aliphatic heterocycles. The van der Waals surface area contributed by atoms with Crippen molar-refractivity contribution in [3.05, 3.63) is 205 Å². The molecule has 0 bridgehead atoms. The summed E-state index contributed by atoms with van der Waals surface area (Å²) >= 11 is 0. The van der Waals surface area contributed by atoms with Gasteiger partial charge in [0, 0.05) is 201 Å². The lowest BCUT2D eigenvalue weighted by Crippen LogP contribution is -2.44. The maximum absolute atomic E-state index is 13.8. The minimum Gasteiger partial charge on any atom is -0.491 e. The molecule has 7 aromatic rings. The van der Waals surface area contributed by atoms with Crippen LogP contribution in [0.5, 0.6) is 5.75 Å². The number of aromatic nitrogens is 3. The molecule has 4 aromatic carbocycles. The van der Waals surface area contributed by atoms with Gasteiger partial charge in [0.2, 0.25) is 0 Å². The van der Waals surface area contributed by atoms with Crippen molar-refractivity contribution in [1.29, 1.82) is 0 Å². The number of carbonyl (C=O) groups excluding carboxylic acids is 3. The van der Waals surface area contributed by atoms with Gasteiger partial charge in [0.25, 0.3) is 34.4 Å². The van der Waals surface area contributed by atoms with Crippen LogP contribution in [-0.4, -0.2) is 230 Å². The molecule has 2 aliphatic carbocycles. The van der Waals surface area contributed by atoms with Gasteiger partial charge in [-0.25, -0.2) is 0 Å². The Balaban J connectivity index is 0.000000196. The number of pyridine rings is 3. The highest BCUT2D eigenvalue weighted by Gasteiger charge is 2.33. The Bertz CT molecular complexity index is 5070. The molecule has 125 heavy (non-hydrogen) atoms. The molecular weight excluding hydrogens is 1570 g/mol. The lowest BCUT2D eigenvalue weighted by Gasteiger charge is -2.41. The molecule has 0 atom stereocenters. The summed E-state index contributed by atoms with van der Waals surface area (Å²) in [5.74, 6) is 14.2. The summed E-state index contributed by atoms with van der Waals surface area (Å²) in [5.41, 5.74) is 17.8. The summed E-state index contributed by atoms with van der Waals surface area (Å²) in [5, 5.41) is 9.08. The fourth-order valence-electron chi connectivity index (χ4n) is 18.4. The summed E-state index contributed by atoms with van der Waals surface area (Å²) in [4.78, 5) is 104. The first-order chi connectivity index (χ1) is 60.1. The van der Waals surface area contributed by atoms with Crippen molar-refractivity contribution in [1.82, 2.24) is 50.5 Å². The SMILES string of the molecule is CCN(c1cc(-c2ccc(OCCOC)cc2)cc(C(=O)NCc2c(C)cc(C)[nH]c2=O)c1C)C1CCC(N(C)C)CC1.CCN(c1cc(C#CC2CCN(C)CC2)cc(C(=O)NCc2c(C)cc(C)[nH]c2=O)c1C)C1CCOCC1.CCN(c1cc(C#CCN2CCOCC2)cc(C(=O)NCc2c(C)cc(C)[nH]c2=O)c1C)C1CCC(N(C)CCOC)CC1. The summed E-state index contributed by atoms with van der Waals surface area (Å²) in [7, 11) is 12.1. The molecule has 0 unspecified atom stereocenters. The van der Waals surface area contributed by atoms with Gasteiger partial charge in [-0.1, -0.05) is 35.8 Å². The van der Waals surface area contributed by atoms with E-state index >= 15 is 0 Å². The number of likely N-dealkylation sites (tertiary alicyclic amines) is 1. The smallest absolute Gasteiger partial charge is 0.253 e. The number of methoxy groups -OCH3 is 2. The Labute approximate surface area is 743 Å². The van der Waals surface area contributed by atoms with Gasteiger partial charge in [0.05, 0.1) is 33.0 Å². The van der Waals surface area contributed by atoms with Gasteiger partial charge in [-0.3, -0.25) is 33.7 Å². The van der Waals surface area contributed by atoms with Crippen molar-refractivity contribution in [3.63, 3.8) is 0 Å². The quantitative estimate of drug-likeness (QED) is 0.0188. The highest BCUT2D eigenvalue weighted by Crippen LogP contribution is 2.39. The van der Waals surface area contributed by atoms with Gasteiger partial charge in [-0.05, 0) is 313 Å². The van der Waals surface area contributed by atoms with Crippen LogP contribution in [0, 0.1) is 91.9 Å².